The fraction of sp³-hybridized carbons (Fsp3) is 0.312. The van der Waals surface area contributed by atoms with Gasteiger partial charge in [0.15, 0.2) is 0 Å². The molecular formula is C16H17NO. The highest BCUT2D eigenvalue weighted by atomic mass is 16.2. The fourth-order valence-corrected chi connectivity index (χ4v) is 3.12. The number of carbonyl (C=O) groups excluding carboxylic acids is 1. The van der Waals surface area contributed by atoms with Gasteiger partial charge < -0.3 is 4.90 Å². The van der Waals surface area contributed by atoms with Gasteiger partial charge in [0, 0.05) is 11.6 Å². The summed E-state index contributed by atoms with van der Waals surface area (Å²) in [4.78, 5) is 14.5. The number of carbonyl (C=O) groups is 1. The molecule has 0 N–H and O–H groups in total. The fourth-order valence-electron chi connectivity index (χ4n) is 3.12. The van der Waals surface area contributed by atoms with Gasteiger partial charge in [0.1, 0.15) is 0 Å². The number of amides is 1. The van der Waals surface area contributed by atoms with Crippen molar-refractivity contribution in [1.82, 2.24) is 4.90 Å². The molecule has 1 aromatic carbocycles. The minimum atomic E-state index is 0.0138. The Bertz CT molecular complexity index is 558. The highest BCUT2D eigenvalue weighted by Gasteiger charge is 2.44. The highest BCUT2D eigenvalue weighted by molar-refractivity contribution is 6.00. The summed E-state index contributed by atoms with van der Waals surface area (Å²) in [5.41, 5.74) is 4.01. The van der Waals surface area contributed by atoms with Gasteiger partial charge in [0.25, 0.3) is 5.91 Å². The van der Waals surface area contributed by atoms with Crippen LogP contribution in [0, 0.1) is 0 Å². The first-order valence-electron chi connectivity index (χ1n) is 6.43. The van der Waals surface area contributed by atoms with Crippen molar-refractivity contribution in [1.29, 1.82) is 0 Å². The summed E-state index contributed by atoms with van der Waals surface area (Å²) in [5, 5.41) is 0. The number of piperidine rings is 1. The molecule has 1 amide bonds. The van der Waals surface area contributed by atoms with Gasteiger partial charge in [-0.15, -0.1) is 0 Å². The van der Waals surface area contributed by atoms with Crippen molar-refractivity contribution >= 4 is 5.91 Å². The summed E-state index contributed by atoms with van der Waals surface area (Å²) in [6.07, 6.45) is 1.81. The quantitative estimate of drug-likeness (QED) is 0.734. The van der Waals surface area contributed by atoms with E-state index >= 15 is 0 Å². The third-order valence-electron chi connectivity index (χ3n) is 4.13. The average molecular weight is 239 g/mol. The molecule has 2 aliphatic rings. The van der Waals surface area contributed by atoms with Gasteiger partial charge in [-0.2, -0.15) is 0 Å². The monoisotopic (exact) mass is 239 g/mol. The van der Waals surface area contributed by atoms with E-state index in [-0.39, 0.29) is 18.0 Å². The van der Waals surface area contributed by atoms with Crippen LogP contribution < -0.4 is 0 Å². The smallest absolute Gasteiger partial charge is 0.255 e. The van der Waals surface area contributed by atoms with Crippen LogP contribution in [-0.4, -0.2) is 16.8 Å². The Morgan fingerprint density at radius 2 is 2.06 bits per heavy atom. The van der Waals surface area contributed by atoms with Crippen LogP contribution in [0.15, 0.2) is 48.6 Å². The summed E-state index contributed by atoms with van der Waals surface area (Å²) in [7, 11) is 0. The van der Waals surface area contributed by atoms with Crippen LogP contribution in [0.1, 0.15) is 41.7 Å². The lowest BCUT2D eigenvalue weighted by Crippen LogP contribution is -2.42. The standard InChI is InChI=1S/C16H17NO/c1-4-12-9-10(2)11(3)15-13-7-5-6-8-14(13)16(18)17(12)15/h5-8,12,15H,2-4,9H2,1H3/t12-,15+/m0/s1. The maximum atomic E-state index is 12.5. The van der Waals surface area contributed by atoms with Crippen molar-refractivity contribution in [3.63, 3.8) is 0 Å². The molecule has 3 rings (SSSR count). The Hall–Kier alpha value is -1.83. The van der Waals surface area contributed by atoms with Gasteiger partial charge in [-0.3, -0.25) is 4.79 Å². The van der Waals surface area contributed by atoms with E-state index in [9.17, 15) is 4.79 Å². The van der Waals surface area contributed by atoms with Crippen LogP contribution in [0.25, 0.3) is 0 Å². The first-order valence-corrected chi connectivity index (χ1v) is 6.43. The summed E-state index contributed by atoms with van der Waals surface area (Å²) < 4.78 is 0. The maximum absolute atomic E-state index is 12.5. The molecule has 0 aromatic heterocycles. The van der Waals surface area contributed by atoms with Crippen molar-refractivity contribution in [2.75, 3.05) is 0 Å². The number of fused-ring (bicyclic) bond motifs is 3. The van der Waals surface area contributed by atoms with E-state index in [1.165, 1.54) is 0 Å². The summed E-state index contributed by atoms with van der Waals surface area (Å²) in [5.74, 6) is 0.149. The Balaban J connectivity index is 2.16. The molecule has 0 radical (unpaired) electrons. The number of rotatable bonds is 1. The molecule has 2 heteroatoms. The Morgan fingerprint density at radius 1 is 1.33 bits per heavy atom. The first-order chi connectivity index (χ1) is 8.65. The van der Waals surface area contributed by atoms with Crippen molar-refractivity contribution in [2.45, 2.75) is 31.8 Å². The Labute approximate surface area is 108 Å². The van der Waals surface area contributed by atoms with Crippen LogP contribution in [0.3, 0.4) is 0 Å². The SMILES string of the molecule is C=C1C[C@H](CC)N2C(=O)c3ccccc3[C@H]2C1=C. The lowest BCUT2D eigenvalue weighted by atomic mass is 9.85. The van der Waals surface area contributed by atoms with E-state index in [2.05, 4.69) is 20.1 Å². The van der Waals surface area contributed by atoms with Gasteiger partial charge >= 0.3 is 0 Å². The molecule has 1 saturated heterocycles. The lowest BCUT2D eigenvalue weighted by molar-refractivity contribution is 0.0628. The van der Waals surface area contributed by atoms with Gasteiger partial charge in [0.05, 0.1) is 6.04 Å². The van der Waals surface area contributed by atoms with Crippen LogP contribution in [0.4, 0.5) is 0 Å². The molecule has 0 bridgehead atoms. The largest absolute Gasteiger partial charge is 0.324 e. The summed E-state index contributed by atoms with van der Waals surface area (Å²) in [6.45, 7) is 10.4. The second-order valence-corrected chi connectivity index (χ2v) is 5.10. The van der Waals surface area contributed by atoms with E-state index in [1.54, 1.807) is 0 Å². The molecule has 92 valence electrons. The second kappa shape index (κ2) is 3.84. The van der Waals surface area contributed by atoms with E-state index in [0.717, 1.165) is 35.1 Å². The van der Waals surface area contributed by atoms with Crippen LogP contribution >= 0.6 is 0 Å². The van der Waals surface area contributed by atoms with Crippen molar-refractivity contribution < 1.29 is 4.79 Å². The maximum Gasteiger partial charge on any atom is 0.255 e. The molecule has 18 heavy (non-hydrogen) atoms. The van der Waals surface area contributed by atoms with E-state index < -0.39 is 0 Å². The number of hydrogen-bond donors (Lipinski definition) is 0. The van der Waals surface area contributed by atoms with E-state index in [4.69, 9.17) is 0 Å². The van der Waals surface area contributed by atoms with Crippen molar-refractivity contribution in [3.8, 4) is 0 Å². The average Bonchev–Trinajstić information content (AvgIpc) is 2.69. The Morgan fingerprint density at radius 3 is 2.78 bits per heavy atom. The first kappa shape index (κ1) is 11.3. The van der Waals surface area contributed by atoms with Gasteiger partial charge in [-0.05, 0) is 35.6 Å². The van der Waals surface area contributed by atoms with Gasteiger partial charge in [-0.1, -0.05) is 38.3 Å². The summed E-state index contributed by atoms with van der Waals surface area (Å²) >= 11 is 0. The zero-order valence-electron chi connectivity index (χ0n) is 10.6. The third-order valence-corrected chi connectivity index (χ3v) is 4.13. The number of hydrogen-bond acceptors (Lipinski definition) is 1. The van der Waals surface area contributed by atoms with Crippen molar-refractivity contribution in [3.05, 3.63) is 59.7 Å². The topological polar surface area (TPSA) is 20.3 Å². The molecule has 1 fully saturated rings. The molecule has 1 aromatic rings. The van der Waals surface area contributed by atoms with Crippen LogP contribution in [0.5, 0.6) is 0 Å². The van der Waals surface area contributed by atoms with Crippen molar-refractivity contribution in [2.24, 2.45) is 0 Å². The normalized spacial score (nSPS) is 26.3. The van der Waals surface area contributed by atoms with Crippen LogP contribution in [0.2, 0.25) is 0 Å². The zero-order chi connectivity index (χ0) is 12.9. The van der Waals surface area contributed by atoms with Gasteiger partial charge in [0.2, 0.25) is 0 Å². The predicted octanol–water partition coefficient (Wildman–Crippen LogP) is 3.48. The molecular weight excluding hydrogens is 222 g/mol. The predicted molar refractivity (Wildman–Crippen MR) is 72.3 cm³/mol. The van der Waals surface area contributed by atoms with E-state index in [1.807, 2.05) is 29.2 Å². The third kappa shape index (κ3) is 1.32. The molecule has 2 heterocycles. The van der Waals surface area contributed by atoms with Crippen LogP contribution in [-0.2, 0) is 0 Å². The highest BCUT2D eigenvalue weighted by Crippen LogP contribution is 2.46. The molecule has 0 saturated carbocycles. The second-order valence-electron chi connectivity index (χ2n) is 5.10. The number of benzene rings is 1. The molecule has 2 atom stereocenters. The summed E-state index contributed by atoms with van der Waals surface area (Å²) in [6, 6.07) is 8.13. The molecule has 0 unspecified atom stereocenters. The molecule has 0 aliphatic carbocycles. The lowest BCUT2D eigenvalue weighted by Gasteiger charge is -2.40. The number of nitrogens with zero attached hydrogens (tertiary/aromatic N) is 1. The minimum Gasteiger partial charge on any atom is -0.324 e. The Kier molecular flexibility index (Phi) is 2.40. The molecule has 0 spiro atoms. The van der Waals surface area contributed by atoms with Gasteiger partial charge in [-0.25, -0.2) is 0 Å². The molecule has 2 nitrogen and oxygen atoms in total. The zero-order valence-corrected chi connectivity index (χ0v) is 10.6. The molecule has 2 aliphatic heterocycles. The minimum absolute atomic E-state index is 0.0138. The van der Waals surface area contributed by atoms with E-state index in [0.29, 0.717) is 0 Å².